The van der Waals surface area contributed by atoms with Gasteiger partial charge in [0.1, 0.15) is 0 Å². The summed E-state index contributed by atoms with van der Waals surface area (Å²) in [4.78, 5) is 6.01. The Bertz CT molecular complexity index is 705. The monoisotopic (exact) mass is 351 g/mol. The fourth-order valence-corrected chi connectivity index (χ4v) is 4.60. The highest BCUT2D eigenvalue weighted by atomic mass is 79.9. The summed E-state index contributed by atoms with van der Waals surface area (Å²) in [5.41, 5.74) is 2.38. The lowest BCUT2D eigenvalue weighted by atomic mass is 9.97. The first-order chi connectivity index (χ1) is 9.72. The number of imidazole rings is 1. The predicted molar refractivity (Wildman–Crippen MR) is 87.7 cm³/mol. The molecule has 2 aliphatic rings. The fourth-order valence-electron chi connectivity index (χ4n) is 3.89. The highest BCUT2D eigenvalue weighted by Crippen LogP contribution is 2.35. The summed E-state index contributed by atoms with van der Waals surface area (Å²) < 4.78 is 4.34. The van der Waals surface area contributed by atoms with Crippen molar-refractivity contribution in [2.75, 3.05) is 13.1 Å². The standard InChI is InChI=1S/C15H18BrN3S/c16-10-3-4-13-14(8-10)19(15(20)17-13)12-5-7-18-6-1-2-11(18)9-12/h3-4,8,11-12H,1-2,5-7,9H2,(H,17,20). The van der Waals surface area contributed by atoms with E-state index < -0.39 is 0 Å². The average Bonchev–Trinajstić information content (AvgIpc) is 3.00. The molecular weight excluding hydrogens is 334 g/mol. The normalized spacial score (nSPS) is 27.1. The second-order valence-electron chi connectivity index (χ2n) is 5.97. The van der Waals surface area contributed by atoms with Gasteiger partial charge in [-0.2, -0.15) is 0 Å². The Morgan fingerprint density at radius 3 is 3.00 bits per heavy atom. The van der Waals surface area contributed by atoms with Gasteiger partial charge < -0.3 is 14.5 Å². The van der Waals surface area contributed by atoms with Crippen molar-refractivity contribution in [3.8, 4) is 0 Å². The SMILES string of the molecule is S=c1[nH]c2ccc(Br)cc2n1C1CCN2CCCC2C1. The third-order valence-corrected chi connectivity index (χ3v) is 5.63. The number of nitrogens with zero attached hydrogens (tertiary/aromatic N) is 2. The van der Waals surface area contributed by atoms with E-state index in [1.54, 1.807) is 0 Å². The van der Waals surface area contributed by atoms with Crippen LogP contribution in [0, 0.1) is 4.77 Å². The molecule has 2 saturated heterocycles. The van der Waals surface area contributed by atoms with Crippen molar-refractivity contribution in [1.82, 2.24) is 14.5 Å². The number of nitrogens with one attached hydrogen (secondary N) is 1. The predicted octanol–water partition coefficient (Wildman–Crippen LogP) is 4.26. The second-order valence-corrected chi connectivity index (χ2v) is 7.27. The zero-order valence-electron chi connectivity index (χ0n) is 11.3. The van der Waals surface area contributed by atoms with E-state index >= 15 is 0 Å². The van der Waals surface area contributed by atoms with Crippen LogP contribution in [0.4, 0.5) is 0 Å². The van der Waals surface area contributed by atoms with Gasteiger partial charge in [-0.3, -0.25) is 0 Å². The molecule has 1 N–H and O–H groups in total. The number of rotatable bonds is 1. The molecule has 0 aliphatic carbocycles. The number of aromatic amines is 1. The highest BCUT2D eigenvalue weighted by Gasteiger charge is 2.33. The molecule has 0 spiro atoms. The Morgan fingerprint density at radius 1 is 1.20 bits per heavy atom. The van der Waals surface area contributed by atoms with Crippen LogP contribution in [0.5, 0.6) is 0 Å². The van der Waals surface area contributed by atoms with Gasteiger partial charge in [0.25, 0.3) is 0 Å². The molecule has 4 rings (SSSR count). The molecule has 2 atom stereocenters. The van der Waals surface area contributed by atoms with E-state index in [2.05, 4.69) is 48.6 Å². The van der Waals surface area contributed by atoms with Crippen LogP contribution < -0.4 is 0 Å². The molecule has 106 valence electrons. The molecule has 20 heavy (non-hydrogen) atoms. The van der Waals surface area contributed by atoms with Gasteiger partial charge in [0, 0.05) is 23.1 Å². The van der Waals surface area contributed by atoms with Gasteiger partial charge in [0.15, 0.2) is 4.77 Å². The molecule has 0 radical (unpaired) electrons. The molecule has 3 nitrogen and oxygen atoms in total. The first kappa shape index (κ1) is 13.0. The Balaban J connectivity index is 1.76. The maximum atomic E-state index is 5.58. The molecule has 2 fully saturated rings. The van der Waals surface area contributed by atoms with Crippen LogP contribution in [0.2, 0.25) is 0 Å². The van der Waals surface area contributed by atoms with Crippen molar-refractivity contribution in [3.63, 3.8) is 0 Å². The molecule has 2 aliphatic heterocycles. The lowest BCUT2D eigenvalue weighted by Crippen LogP contribution is -2.38. The minimum Gasteiger partial charge on any atom is -0.331 e. The van der Waals surface area contributed by atoms with E-state index in [1.807, 2.05) is 0 Å². The maximum Gasteiger partial charge on any atom is 0.178 e. The largest absolute Gasteiger partial charge is 0.331 e. The van der Waals surface area contributed by atoms with Gasteiger partial charge in [-0.15, -0.1) is 0 Å². The molecule has 0 saturated carbocycles. The number of halogens is 1. The Morgan fingerprint density at radius 2 is 2.10 bits per heavy atom. The summed E-state index contributed by atoms with van der Waals surface area (Å²) >= 11 is 9.15. The van der Waals surface area contributed by atoms with Crippen molar-refractivity contribution in [3.05, 3.63) is 27.4 Å². The van der Waals surface area contributed by atoms with Crippen LogP contribution in [0.25, 0.3) is 11.0 Å². The first-order valence-corrected chi connectivity index (χ1v) is 8.56. The smallest absolute Gasteiger partial charge is 0.178 e. The first-order valence-electron chi connectivity index (χ1n) is 7.36. The van der Waals surface area contributed by atoms with Crippen LogP contribution >= 0.6 is 28.1 Å². The van der Waals surface area contributed by atoms with E-state index in [0.717, 1.165) is 20.8 Å². The van der Waals surface area contributed by atoms with E-state index in [9.17, 15) is 0 Å². The molecule has 1 aromatic heterocycles. The third kappa shape index (κ3) is 2.07. The van der Waals surface area contributed by atoms with E-state index in [0.29, 0.717) is 6.04 Å². The fraction of sp³-hybridized carbons (Fsp3) is 0.533. The van der Waals surface area contributed by atoms with Crippen LogP contribution in [0.1, 0.15) is 31.7 Å². The van der Waals surface area contributed by atoms with E-state index in [1.165, 1.54) is 44.3 Å². The lowest BCUT2D eigenvalue weighted by Gasteiger charge is -2.35. The number of hydrogen-bond donors (Lipinski definition) is 1. The van der Waals surface area contributed by atoms with Crippen molar-refractivity contribution in [2.45, 2.75) is 37.8 Å². The lowest BCUT2D eigenvalue weighted by molar-refractivity contribution is 0.156. The molecule has 2 aromatic rings. The van der Waals surface area contributed by atoms with Gasteiger partial charge in [0.05, 0.1) is 11.0 Å². The van der Waals surface area contributed by atoms with Gasteiger partial charge in [-0.25, -0.2) is 0 Å². The maximum absolute atomic E-state index is 5.58. The van der Waals surface area contributed by atoms with Crippen molar-refractivity contribution >= 4 is 39.2 Å². The molecule has 5 heteroatoms. The molecule has 3 heterocycles. The van der Waals surface area contributed by atoms with Crippen LogP contribution in [-0.4, -0.2) is 33.6 Å². The number of fused-ring (bicyclic) bond motifs is 2. The third-order valence-electron chi connectivity index (χ3n) is 4.84. The Hall–Kier alpha value is -0.650. The number of piperidine rings is 1. The quantitative estimate of drug-likeness (QED) is 0.776. The Labute approximate surface area is 132 Å². The summed E-state index contributed by atoms with van der Waals surface area (Å²) in [5, 5.41) is 0. The molecular formula is C15H18BrN3S. The summed E-state index contributed by atoms with van der Waals surface area (Å²) in [6, 6.07) is 7.68. The summed E-state index contributed by atoms with van der Waals surface area (Å²) in [6.45, 7) is 2.51. The van der Waals surface area contributed by atoms with Crippen LogP contribution in [0.3, 0.4) is 0 Å². The van der Waals surface area contributed by atoms with Gasteiger partial charge in [-0.05, 0) is 62.6 Å². The number of H-pyrrole nitrogens is 1. The number of hydrogen-bond acceptors (Lipinski definition) is 2. The summed E-state index contributed by atoms with van der Waals surface area (Å²) in [5.74, 6) is 0. The van der Waals surface area contributed by atoms with Gasteiger partial charge >= 0.3 is 0 Å². The van der Waals surface area contributed by atoms with E-state index in [4.69, 9.17) is 12.2 Å². The topological polar surface area (TPSA) is 24.0 Å². The molecule has 0 amide bonds. The Kier molecular flexibility index (Phi) is 3.24. The van der Waals surface area contributed by atoms with Gasteiger partial charge in [0.2, 0.25) is 0 Å². The second kappa shape index (κ2) is 4.97. The van der Waals surface area contributed by atoms with Crippen LogP contribution in [-0.2, 0) is 0 Å². The zero-order chi connectivity index (χ0) is 13.7. The minimum atomic E-state index is 0.546. The molecule has 0 bridgehead atoms. The van der Waals surface area contributed by atoms with Gasteiger partial charge in [-0.1, -0.05) is 15.9 Å². The molecule has 2 unspecified atom stereocenters. The number of aromatic nitrogens is 2. The van der Waals surface area contributed by atoms with E-state index in [-0.39, 0.29) is 0 Å². The van der Waals surface area contributed by atoms with Crippen molar-refractivity contribution in [1.29, 1.82) is 0 Å². The number of benzene rings is 1. The highest BCUT2D eigenvalue weighted by molar-refractivity contribution is 9.10. The summed E-state index contributed by atoms with van der Waals surface area (Å²) in [6.07, 6.45) is 5.18. The minimum absolute atomic E-state index is 0.546. The molecule has 1 aromatic carbocycles. The van der Waals surface area contributed by atoms with Crippen molar-refractivity contribution < 1.29 is 0 Å². The average molecular weight is 352 g/mol. The van der Waals surface area contributed by atoms with Crippen LogP contribution in [0.15, 0.2) is 22.7 Å². The van der Waals surface area contributed by atoms with Crippen molar-refractivity contribution in [2.24, 2.45) is 0 Å². The zero-order valence-corrected chi connectivity index (χ0v) is 13.7. The summed E-state index contributed by atoms with van der Waals surface area (Å²) in [7, 11) is 0.